The number of aryl methyl sites for hydroxylation is 1. The van der Waals surface area contributed by atoms with Crippen molar-refractivity contribution in [1.29, 1.82) is 0 Å². The van der Waals surface area contributed by atoms with Crippen molar-refractivity contribution in [2.75, 3.05) is 19.8 Å². The number of sulfonamides is 1. The third kappa shape index (κ3) is 3.82. The number of amides is 1. The molecule has 118 valence electrons. The van der Waals surface area contributed by atoms with Gasteiger partial charge in [0, 0.05) is 38.9 Å². The van der Waals surface area contributed by atoms with Crippen LogP contribution in [0, 0.1) is 0 Å². The van der Waals surface area contributed by atoms with Gasteiger partial charge in [-0.3, -0.25) is 9.48 Å². The van der Waals surface area contributed by atoms with Gasteiger partial charge in [-0.2, -0.15) is 9.40 Å². The minimum atomic E-state index is -3.35. The first kappa shape index (κ1) is 16.0. The van der Waals surface area contributed by atoms with Crippen LogP contribution in [-0.2, 0) is 28.4 Å². The van der Waals surface area contributed by atoms with Gasteiger partial charge in [-0.15, -0.1) is 0 Å². The van der Waals surface area contributed by atoms with E-state index in [-0.39, 0.29) is 5.91 Å². The molecule has 0 N–H and O–H groups in total. The maximum Gasteiger partial charge on any atom is 0.241 e. The maximum atomic E-state index is 12.6. The Morgan fingerprint density at radius 2 is 2.19 bits per heavy atom. The van der Waals surface area contributed by atoms with Crippen molar-refractivity contribution in [2.45, 2.75) is 31.8 Å². The molecule has 1 aromatic rings. The van der Waals surface area contributed by atoms with Crippen LogP contribution < -0.4 is 0 Å². The molecule has 8 heteroatoms. The summed E-state index contributed by atoms with van der Waals surface area (Å²) in [5, 5.41) is 4.07. The summed E-state index contributed by atoms with van der Waals surface area (Å²) in [7, 11) is 0.163. The van der Waals surface area contributed by atoms with E-state index >= 15 is 0 Å². The Kier molecular flexibility index (Phi) is 4.67. The summed E-state index contributed by atoms with van der Waals surface area (Å²) < 4.78 is 26.7. The average molecular weight is 314 g/mol. The standard InChI is InChI=1S/C13H22N4O3S/c1-15(9-11-8-14-16(2)10-11)13(18)12-6-4-5-7-17(12)21(3,19)20/h8,10,12H,4-7,9H2,1-3H3/t12-/m1/s1. The highest BCUT2D eigenvalue weighted by Crippen LogP contribution is 2.21. The summed E-state index contributed by atoms with van der Waals surface area (Å²) in [6.07, 6.45) is 6.99. The molecule has 1 fully saturated rings. The Labute approximate surface area is 125 Å². The van der Waals surface area contributed by atoms with Crippen LogP contribution in [0.25, 0.3) is 0 Å². The van der Waals surface area contributed by atoms with E-state index in [1.165, 1.54) is 10.6 Å². The van der Waals surface area contributed by atoms with Crippen molar-refractivity contribution in [2.24, 2.45) is 7.05 Å². The Bertz CT molecular complexity index is 611. The molecule has 0 radical (unpaired) electrons. The first-order chi connectivity index (χ1) is 9.79. The average Bonchev–Trinajstić information content (AvgIpc) is 2.82. The van der Waals surface area contributed by atoms with Crippen molar-refractivity contribution in [1.82, 2.24) is 19.0 Å². The van der Waals surface area contributed by atoms with E-state index in [4.69, 9.17) is 0 Å². The molecule has 0 unspecified atom stereocenters. The first-order valence-electron chi connectivity index (χ1n) is 6.98. The molecule has 1 aromatic heterocycles. The van der Waals surface area contributed by atoms with Crippen LogP contribution in [-0.4, -0.2) is 59.2 Å². The lowest BCUT2D eigenvalue weighted by Gasteiger charge is -2.34. The van der Waals surface area contributed by atoms with Gasteiger partial charge in [0.15, 0.2) is 0 Å². The van der Waals surface area contributed by atoms with Gasteiger partial charge in [-0.25, -0.2) is 8.42 Å². The highest BCUT2D eigenvalue weighted by atomic mass is 32.2. The second kappa shape index (κ2) is 6.15. The number of hydrogen-bond donors (Lipinski definition) is 0. The normalized spacial score (nSPS) is 20.4. The number of rotatable bonds is 4. The van der Waals surface area contributed by atoms with Crippen LogP contribution in [0.5, 0.6) is 0 Å². The van der Waals surface area contributed by atoms with E-state index in [1.807, 2.05) is 13.2 Å². The van der Waals surface area contributed by atoms with Crippen LogP contribution in [0.1, 0.15) is 24.8 Å². The smallest absolute Gasteiger partial charge is 0.241 e. The Morgan fingerprint density at radius 1 is 1.48 bits per heavy atom. The molecule has 0 bridgehead atoms. The molecule has 0 saturated carbocycles. The molecule has 2 heterocycles. The van der Waals surface area contributed by atoms with E-state index < -0.39 is 16.1 Å². The predicted molar refractivity (Wildman–Crippen MR) is 78.9 cm³/mol. The van der Waals surface area contributed by atoms with Crippen LogP contribution >= 0.6 is 0 Å². The highest BCUT2D eigenvalue weighted by Gasteiger charge is 2.35. The monoisotopic (exact) mass is 314 g/mol. The van der Waals surface area contributed by atoms with Crippen LogP contribution in [0.2, 0.25) is 0 Å². The van der Waals surface area contributed by atoms with Crippen molar-refractivity contribution < 1.29 is 13.2 Å². The van der Waals surface area contributed by atoms with Gasteiger partial charge < -0.3 is 4.90 Å². The predicted octanol–water partition coefficient (Wildman–Crippen LogP) is 0.193. The summed E-state index contributed by atoms with van der Waals surface area (Å²) >= 11 is 0. The number of likely N-dealkylation sites (N-methyl/N-ethyl adjacent to an activating group) is 1. The maximum absolute atomic E-state index is 12.6. The molecule has 1 aliphatic heterocycles. The van der Waals surface area contributed by atoms with Gasteiger partial charge in [0.2, 0.25) is 15.9 Å². The highest BCUT2D eigenvalue weighted by molar-refractivity contribution is 7.88. The Morgan fingerprint density at radius 3 is 2.76 bits per heavy atom. The van der Waals surface area contributed by atoms with Crippen LogP contribution in [0.15, 0.2) is 12.4 Å². The number of piperidine rings is 1. The third-order valence-corrected chi connectivity index (χ3v) is 5.01. The molecule has 1 aliphatic rings. The summed E-state index contributed by atoms with van der Waals surface area (Å²) in [5.74, 6) is -0.149. The third-order valence-electron chi connectivity index (χ3n) is 3.72. The molecule has 0 spiro atoms. The number of carbonyl (C=O) groups excluding carboxylic acids is 1. The first-order valence-corrected chi connectivity index (χ1v) is 8.83. The fraction of sp³-hybridized carbons (Fsp3) is 0.692. The molecule has 1 saturated heterocycles. The fourth-order valence-corrected chi connectivity index (χ4v) is 3.83. The zero-order valence-electron chi connectivity index (χ0n) is 12.7. The number of aromatic nitrogens is 2. The molecular weight excluding hydrogens is 292 g/mol. The van der Waals surface area contributed by atoms with E-state index in [9.17, 15) is 13.2 Å². The molecular formula is C13H22N4O3S. The summed E-state index contributed by atoms with van der Waals surface area (Å²) in [6, 6.07) is -0.574. The lowest BCUT2D eigenvalue weighted by Crippen LogP contribution is -2.51. The summed E-state index contributed by atoms with van der Waals surface area (Å²) in [5.41, 5.74) is 0.926. The zero-order valence-corrected chi connectivity index (χ0v) is 13.5. The number of carbonyl (C=O) groups is 1. The second-order valence-corrected chi connectivity index (χ2v) is 7.54. The molecule has 0 aliphatic carbocycles. The van der Waals surface area contributed by atoms with E-state index in [0.717, 1.165) is 18.4 Å². The second-order valence-electron chi connectivity index (χ2n) is 5.60. The molecule has 0 aromatic carbocycles. The van der Waals surface area contributed by atoms with E-state index in [2.05, 4.69) is 5.10 Å². The molecule has 1 atom stereocenters. The van der Waals surface area contributed by atoms with Crippen LogP contribution in [0.3, 0.4) is 0 Å². The van der Waals surface area contributed by atoms with Crippen molar-refractivity contribution in [3.8, 4) is 0 Å². The van der Waals surface area contributed by atoms with Gasteiger partial charge >= 0.3 is 0 Å². The topological polar surface area (TPSA) is 75.5 Å². The van der Waals surface area contributed by atoms with Gasteiger partial charge in [-0.05, 0) is 12.8 Å². The van der Waals surface area contributed by atoms with Crippen molar-refractivity contribution >= 4 is 15.9 Å². The molecule has 1 amide bonds. The largest absolute Gasteiger partial charge is 0.340 e. The van der Waals surface area contributed by atoms with Gasteiger partial charge in [0.25, 0.3) is 0 Å². The lowest BCUT2D eigenvalue weighted by atomic mass is 10.0. The molecule has 7 nitrogen and oxygen atoms in total. The van der Waals surface area contributed by atoms with Gasteiger partial charge in [0.05, 0.1) is 12.5 Å². The quantitative estimate of drug-likeness (QED) is 0.795. The van der Waals surface area contributed by atoms with Crippen molar-refractivity contribution in [3.63, 3.8) is 0 Å². The van der Waals surface area contributed by atoms with Crippen molar-refractivity contribution in [3.05, 3.63) is 18.0 Å². The minimum absolute atomic E-state index is 0.149. The van der Waals surface area contributed by atoms with E-state index in [1.54, 1.807) is 22.8 Å². The van der Waals surface area contributed by atoms with Crippen LogP contribution in [0.4, 0.5) is 0 Å². The summed E-state index contributed by atoms with van der Waals surface area (Å²) in [4.78, 5) is 14.1. The molecule has 2 rings (SSSR count). The van der Waals surface area contributed by atoms with Gasteiger partial charge in [0.1, 0.15) is 6.04 Å². The summed E-state index contributed by atoms with van der Waals surface area (Å²) in [6.45, 7) is 0.858. The fourth-order valence-electron chi connectivity index (χ4n) is 2.71. The Hall–Kier alpha value is -1.41. The molecule has 21 heavy (non-hydrogen) atoms. The minimum Gasteiger partial charge on any atom is -0.340 e. The zero-order chi connectivity index (χ0) is 15.6. The SMILES string of the molecule is CN(Cc1cnn(C)c1)C(=O)[C@H]1CCCCN1S(C)(=O)=O. The van der Waals surface area contributed by atoms with Gasteiger partial charge in [-0.1, -0.05) is 6.42 Å². The number of nitrogens with zero attached hydrogens (tertiary/aromatic N) is 4. The lowest BCUT2D eigenvalue weighted by molar-refractivity contribution is -0.135. The van der Waals surface area contributed by atoms with E-state index in [0.29, 0.717) is 19.5 Å². The number of hydrogen-bond acceptors (Lipinski definition) is 4. The Balaban J connectivity index is 2.09.